The Hall–Kier alpha value is -2.78. The molecule has 0 amide bonds. The summed E-state index contributed by atoms with van der Waals surface area (Å²) in [5.74, 6) is -0.586. The third-order valence-corrected chi connectivity index (χ3v) is 9.11. The Bertz CT molecular complexity index is 1370. The molecule has 1 N–H and O–H groups in total. The number of ether oxygens (including phenoxy) is 1. The average Bonchev–Trinajstić information content (AvgIpc) is 3.44. The molecule has 0 saturated heterocycles. The van der Waals surface area contributed by atoms with Crippen molar-refractivity contribution >= 4 is 10.0 Å². The van der Waals surface area contributed by atoms with Gasteiger partial charge in [-0.05, 0) is 62.3 Å². The van der Waals surface area contributed by atoms with E-state index in [0.29, 0.717) is 55.7 Å². The fourth-order valence-electron chi connectivity index (χ4n) is 5.27. The number of hydrogen-bond donors (Lipinski definition) is 1. The van der Waals surface area contributed by atoms with Crippen LogP contribution in [0.2, 0.25) is 0 Å². The van der Waals surface area contributed by atoms with Crippen LogP contribution in [-0.2, 0) is 28.5 Å². The van der Waals surface area contributed by atoms with Crippen molar-refractivity contribution in [1.29, 1.82) is 0 Å². The second-order valence-electron chi connectivity index (χ2n) is 9.62. The summed E-state index contributed by atoms with van der Waals surface area (Å²) in [6.45, 7) is -0.0352. The van der Waals surface area contributed by atoms with Crippen LogP contribution in [0.25, 0.3) is 11.1 Å². The summed E-state index contributed by atoms with van der Waals surface area (Å²) in [6.07, 6.45) is 5.25. The van der Waals surface area contributed by atoms with Gasteiger partial charge in [0.1, 0.15) is 24.4 Å². The molecule has 34 heavy (non-hydrogen) atoms. The third kappa shape index (κ3) is 3.80. The Morgan fingerprint density at radius 3 is 2.74 bits per heavy atom. The molecule has 1 aromatic heterocycles. The molecule has 2 atom stereocenters. The summed E-state index contributed by atoms with van der Waals surface area (Å²) in [4.78, 5) is 4.65. The first kappa shape index (κ1) is 21.7. The van der Waals surface area contributed by atoms with E-state index >= 15 is 0 Å². The highest BCUT2D eigenvalue weighted by molar-refractivity contribution is 7.90. The zero-order valence-electron chi connectivity index (χ0n) is 18.4. The van der Waals surface area contributed by atoms with E-state index < -0.39 is 27.1 Å². The van der Waals surface area contributed by atoms with Gasteiger partial charge in [0.15, 0.2) is 11.6 Å². The normalized spacial score (nSPS) is 24.2. The molecule has 4 bridgehead atoms. The van der Waals surface area contributed by atoms with Gasteiger partial charge in [0.05, 0.1) is 10.7 Å². The maximum Gasteiger partial charge on any atom is 0.214 e. The maximum atomic E-state index is 14.9. The molecule has 6 rings (SSSR count). The van der Waals surface area contributed by atoms with Crippen LogP contribution >= 0.6 is 0 Å². The summed E-state index contributed by atoms with van der Waals surface area (Å²) in [5, 5.41) is -0.286. The predicted molar refractivity (Wildman–Crippen MR) is 121 cm³/mol. The molecular weight excluding hydrogens is 462 g/mol. The molecule has 3 aromatic rings. The number of para-hydroxylation sites is 1. The lowest BCUT2D eigenvalue weighted by Gasteiger charge is -2.27. The topological polar surface area (TPSA) is 81.4 Å². The van der Waals surface area contributed by atoms with Gasteiger partial charge in [-0.25, -0.2) is 26.9 Å². The van der Waals surface area contributed by atoms with E-state index in [4.69, 9.17) is 9.15 Å². The fraction of sp³-hybridized carbons (Fsp3) is 0.400. The molecule has 2 fully saturated rings. The summed E-state index contributed by atoms with van der Waals surface area (Å²) >= 11 is 0. The van der Waals surface area contributed by atoms with Crippen LogP contribution < -0.4 is 9.46 Å². The minimum absolute atomic E-state index is 0.0335. The Balaban J connectivity index is 1.42. The third-order valence-electron chi connectivity index (χ3n) is 7.10. The average molecular weight is 487 g/mol. The van der Waals surface area contributed by atoms with Crippen LogP contribution in [0.4, 0.5) is 8.78 Å². The number of fused-ring (bicyclic) bond motifs is 7. The number of nitrogens with zero attached hydrogens (tertiary/aromatic N) is 1. The molecule has 2 aromatic carbocycles. The zero-order valence-corrected chi connectivity index (χ0v) is 19.2. The molecule has 3 aliphatic rings. The van der Waals surface area contributed by atoms with Crippen LogP contribution in [0.1, 0.15) is 49.3 Å². The molecule has 2 aliphatic carbocycles. The fourth-order valence-corrected chi connectivity index (χ4v) is 6.89. The number of rotatable bonds is 3. The molecule has 6 nitrogen and oxygen atoms in total. The molecule has 1 aliphatic heterocycles. The Kier molecular flexibility index (Phi) is 5.04. The van der Waals surface area contributed by atoms with E-state index in [0.717, 1.165) is 5.56 Å². The number of aromatic nitrogens is 1. The lowest BCUT2D eigenvalue weighted by Crippen LogP contribution is -2.37. The summed E-state index contributed by atoms with van der Waals surface area (Å²) < 4.78 is 69.1. The van der Waals surface area contributed by atoms with Crippen LogP contribution in [-0.4, -0.2) is 24.7 Å². The number of benzene rings is 2. The minimum atomic E-state index is -3.33. The van der Waals surface area contributed by atoms with E-state index in [2.05, 4.69) is 9.71 Å². The van der Waals surface area contributed by atoms with Crippen molar-refractivity contribution < 1.29 is 26.4 Å². The number of hydrogen-bond acceptors (Lipinski definition) is 5. The Morgan fingerprint density at radius 2 is 1.91 bits per heavy atom. The van der Waals surface area contributed by atoms with Crippen molar-refractivity contribution in [2.45, 2.75) is 61.8 Å². The van der Waals surface area contributed by atoms with Crippen molar-refractivity contribution in [2.75, 3.05) is 0 Å². The highest BCUT2D eigenvalue weighted by Gasteiger charge is 2.47. The molecule has 178 valence electrons. The van der Waals surface area contributed by atoms with E-state index in [1.807, 2.05) is 0 Å². The first-order valence-electron chi connectivity index (χ1n) is 11.5. The van der Waals surface area contributed by atoms with Crippen LogP contribution in [0.3, 0.4) is 0 Å². The minimum Gasteiger partial charge on any atom is -0.483 e. The molecule has 0 radical (unpaired) electrons. The number of oxazole rings is 1. The SMILES string of the molecule is O=S(=O)(N[C@H]1CC[C@@]2(Cc3ccc(F)c(c3)-c3cccc(F)c3OCc3coc2n3)C1)C1CC1. The first-order valence-corrected chi connectivity index (χ1v) is 13.0. The van der Waals surface area contributed by atoms with Crippen LogP contribution in [0, 0.1) is 11.6 Å². The maximum absolute atomic E-state index is 14.9. The molecule has 2 saturated carbocycles. The van der Waals surface area contributed by atoms with E-state index in [-0.39, 0.29) is 29.2 Å². The Labute approximate surface area is 196 Å². The van der Waals surface area contributed by atoms with Crippen molar-refractivity contribution in [3.05, 3.63) is 71.4 Å². The summed E-state index contributed by atoms with van der Waals surface area (Å²) in [7, 11) is -3.33. The van der Waals surface area contributed by atoms with Crippen molar-refractivity contribution in [3.8, 4) is 16.9 Å². The van der Waals surface area contributed by atoms with Gasteiger partial charge >= 0.3 is 0 Å². The van der Waals surface area contributed by atoms with Gasteiger partial charge in [0.2, 0.25) is 15.9 Å². The predicted octanol–water partition coefficient (Wildman–Crippen LogP) is 4.63. The highest BCUT2D eigenvalue weighted by Crippen LogP contribution is 2.45. The second-order valence-corrected chi connectivity index (χ2v) is 11.6. The van der Waals surface area contributed by atoms with E-state index in [1.165, 1.54) is 24.5 Å². The quantitative estimate of drug-likeness (QED) is 0.584. The smallest absolute Gasteiger partial charge is 0.214 e. The lowest BCUT2D eigenvalue weighted by atomic mass is 9.79. The summed E-state index contributed by atoms with van der Waals surface area (Å²) in [6, 6.07) is 9.01. The summed E-state index contributed by atoms with van der Waals surface area (Å²) in [5.41, 5.74) is 1.37. The van der Waals surface area contributed by atoms with Crippen molar-refractivity contribution in [2.24, 2.45) is 0 Å². The van der Waals surface area contributed by atoms with E-state index in [1.54, 1.807) is 18.2 Å². The van der Waals surface area contributed by atoms with Crippen LogP contribution in [0.15, 0.2) is 47.1 Å². The number of halogens is 2. The van der Waals surface area contributed by atoms with Gasteiger partial charge < -0.3 is 9.15 Å². The van der Waals surface area contributed by atoms with Gasteiger partial charge in [0, 0.05) is 17.2 Å². The molecule has 1 spiro atoms. The van der Waals surface area contributed by atoms with Crippen LogP contribution in [0.5, 0.6) is 5.75 Å². The largest absolute Gasteiger partial charge is 0.483 e. The molecule has 0 unspecified atom stereocenters. The standard InChI is InChI=1S/C25H24F2N2O4S/c26-21-7-4-15-10-20(21)19-2-1-3-22(27)23(19)32-13-17-14-33-24(28-17)25(11-15)9-8-16(12-25)29-34(30,31)18-5-6-18/h1-4,7,10,14,16,18,29H,5-6,8-9,11-13H2/t16-,25+/m0/s1. The molecule has 2 heterocycles. The lowest BCUT2D eigenvalue weighted by molar-refractivity contribution is 0.286. The van der Waals surface area contributed by atoms with E-state index in [9.17, 15) is 17.2 Å². The van der Waals surface area contributed by atoms with Crippen molar-refractivity contribution in [1.82, 2.24) is 9.71 Å². The molecule has 9 heteroatoms. The van der Waals surface area contributed by atoms with Gasteiger partial charge in [-0.3, -0.25) is 0 Å². The number of sulfonamides is 1. The Morgan fingerprint density at radius 1 is 1.06 bits per heavy atom. The number of nitrogens with one attached hydrogen (secondary N) is 1. The monoisotopic (exact) mass is 486 g/mol. The van der Waals surface area contributed by atoms with Gasteiger partial charge in [-0.2, -0.15) is 0 Å². The van der Waals surface area contributed by atoms with Gasteiger partial charge in [-0.15, -0.1) is 0 Å². The van der Waals surface area contributed by atoms with Crippen molar-refractivity contribution in [3.63, 3.8) is 0 Å². The highest BCUT2D eigenvalue weighted by atomic mass is 32.2. The van der Waals surface area contributed by atoms with Gasteiger partial charge in [-0.1, -0.05) is 18.2 Å². The zero-order chi connectivity index (χ0) is 23.5. The second kappa shape index (κ2) is 7.88. The first-order chi connectivity index (χ1) is 16.3. The molecular formula is C25H24F2N2O4S. The van der Waals surface area contributed by atoms with Gasteiger partial charge in [0.25, 0.3) is 0 Å².